The summed E-state index contributed by atoms with van der Waals surface area (Å²) in [5, 5.41) is 15.0. The number of rotatable bonds is 5. The molecular formula is C26H32ClN5O5. The molecule has 2 saturated heterocycles. The molecule has 0 aromatic heterocycles. The second kappa shape index (κ2) is 10.9. The topological polar surface area (TPSA) is 108 Å². The first kappa shape index (κ1) is 26.7. The van der Waals surface area contributed by atoms with Gasteiger partial charge in [0.25, 0.3) is 11.6 Å². The van der Waals surface area contributed by atoms with Crippen molar-refractivity contribution in [2.45, 2.75) is 20.8 Å². The molecule has 0 bridgehead atoms. The molecule has 2 fully saturated rings. The number of nitrogens with zero attached hydrogens (tertiary/aromatic N) is 4. The van der Waals surface area contributed by atoms with Crippen molar-refractivity contribution >= 4 is 46.2 Å². The minimum Gasteiger partial charge on any atom is -0.378 e. The molecule has 198 valence electrons. The zero-order chi connectivity index (χ0) is 26.7. The smallest absolute Gasteiger partial charge is 0.293 e. The van der Waals surface area contributed by atoms with Crippen molar-refractivity contribution in [3.05, 3.63) is 57.1 Å². The van der Waals surface area contributed by atoms with Gasteiger partial charge in [-0.05, 0) is 30.3 Å². The summed E-state index contributed by atoms with van der Waals surface area (Å²) in [5.41, 5.74) is 1.44. The fraction of sp³-hybridized carbons (Fsp3) is 0.462. The molecule has 11 heteroatoms. The van der Waals surface area contributed by atoms with E-state index in [1.54, 1.807) is 24.3 Å². The molecule has 1 N–H and O–H groups in total. The number of halogens is 1. The molecule has 37 heavy (non-hydrogen) atoms. The number of anilines is 3. The number of morpholine rings is 1. The third-order valence-electron chi connectivity index (χ3n) is 6.54. The Kier molecular flexibility index (Phi) is 7.89. The number of piperazine rings is 1. The van der Waals surface area contributed by atoms with Gasteiger partial charge in [-0.25, -0.2) is 0 Å². The van der Waals surface area contributed by atoms with Crippen molar-refractivity contribution in [3.63, 3.8) is 0 Å². The summed E-state index contributed by atoms with van der Waals surface area (Å²) in [7, 11) is 0. The monoisotopic (exact) mass is 529 g/mol. The molecule has 0 atom stereocenters. The molecule has 0 aliphatic carbocycles. The van der Waals surface area contributed by atoms with E-state index in [4.69, 9.17) is 16.3 Å². The van der Waals surface area contributed by atoms with Crippen molar-refractivity contribution < 1.29 is 19.2 Å². The molecule has 2 aliphatic heterocycles. The average Bonchev–Trinajstić information content (AvgIpc) is 2.88. The molecule has 2 aliphatic rings. The first-order valence-electron chi connectivity index (χ1n) is 12.3. The Labute approximate surface area is 221 Å². The van der Waals surface area contributed by atoms with Crippen molar-refractivity contribution in [2.24, 2.45) is 5.41 Å². The number of carbonyl (C=O) groups excluding carboxylic acids is 2. The highest BCUT2D eigenvalue weighted by Gasteiger charge is 2.30. The lowest BCUT2D eigenvalue weighted by atomic mass is 9.94. The number of carbonyl (C=O) groups is 2. The lowest BCUT2D eigenvalue weighted by Crippen LogP contribution is -2.51. The molecule has 2 amide bonds. The maximum Gasteiger partial charge on any atom is 0.293 e. The highest BCUT2D eigenvalue weighted by molar-refractivity contribution is 6.33. The Morgan fingerprint density at radius 1 is 0.946 bits per heavy atom. The molecule has 2 aromatic rings. The van der Waals surface area contributed by atoms with Gasteiger partial charge in [-0.15, -0.1) is 0 Å². The van der Waals surface area contributed by atoms with Crippen molar-refractivity contribution in [1.29, 1.82) is 0 Å². The Bertz CT molecular complexity index is 1180. The van der Waals surface area contributed by atoms with Crippen LogP contribution in [0.2, 0.25) is 5.02 Å². The first-order chi connectivity index (χ1) is 17.5. The molecule has 0 spiro atoms. The van der Waals surface area contributed by atoms with Crippen LogP contribution in [0.4, 0.5) is 22.7 Å². The summed E-state index contributed by atoms with van der Waals surface area (Å²) in [6, 6.07) is 9.75. The van der Waals surface area contributed by atoms with Crippen LogP contribution >= 0.6 is 11.6 Å². The SMILES string of the molecule is CC(C)(C)C(=O)N1CCN(c2ccc(NC(=O)c3ccc(N4CCOCC4)c([N+](=O)[O-])c3)cc2Cl)CC1. The van der Waals surface area contributed by atoms with Gasteiger partial charge in [-0.2, -0.15) is 0 Å². The Hall–Kier alpha value is -3.37. The summed E-state index contributed by atoms with van der Waals surface area (Å²) < 4.78 is 5.33. The first-order valence-corrected chi connectivity index (χ1v) is 12.7. The molecule has 10 nitrogen and oxygen atoms in total. The van der Waals surface area contributed by atoms with Gasteiger partial charge in [0.2, 0.25) is 5.91 Å². The largest absolute Gasteiger partial charge is 0.378 e. The predicted octanol–water partition coefficient (Wildman–Crippen LogP) is 4.03. The average molecular weight is 530 g/mol. The van der Waals surface area contributed by atoms with Crippen LogP contribution in [0.3, 0.4) is 0 Å². The number of benzene rings is 2. The minimum atomic E-state index is -0.470. The van der Waals surface area contributed by atoms with Gasteiger partial charge in [0.05, 0.1) is 28.8 Å². The molecular weight excluding hydrogens is 498 g/mol. The summed E-state index contributed by atoms with van der Waals surface area (Å²) in [6.45, 7) is 10.4. The highest BCUT2D eigenvalue weighted by Crippen LogP contribution is 2.32. The van der Waals surface area contributed by atoms with E-state index in [9.17, 15) is 19.7 Å². The summed E-state index contributed by atoms with van der Waals surface area (Å²) in [4.78, 5) is 42.6. The van der Waals surface area contributed by atoms with Gasteiger partial charge < -0.3 is 24.8 Å². The van der Waals surface area contributed by atoms with E-state index in [0.29, 0.717) is 68.9 Å². The van der Waals surface area contributed by atoms with E-state index >= 15 is 0 Å². The van der Waals surface area contributed by atoms with Crippen LogP contribution in [-0.4, -0.2) is 74.1 Å². The molecule has 2 heterocycles. The maximum atomic E-state index is 12.9. The highest BCUT2D eigenvalue weighted by atomic mass is 35.5. The number of hydrogen-bond donors (Lipinski definition) is 1. The van der Waals surface area contributed by atoms with Gasteiger partial charge in [0.1, 0.15) is 5.69 Å². The fourth-order valence-electron chi connectivity index (χ4n) is 4.55. The standard InChI is InChI=1S/C26H32ClN5O5/c1-26(2,3)25(34)31-10-8-29(9-11-31)21-7-5-19(17-20(21)27)28-24(33)18-4-6-22(23(16-18)32(35)36)30-12-14-37-15-13-30/h4-7,16-17H,8-15H2,1-3H3,(H,28,33). The number of nitro benzene ring substituents is 1. The van der Waals surface area contributed by atoms with E-state index in [0.717, 1.165) is 5.69 Å². The van der Waals surface area contributed by atoms with Crippen LogP contribution in [0.5, 0.6) is 0 Å². The summed E-state index contributed by atoms with van der Waals surface area (Å²) in [5.74, 6) is -0.329. The van der Waals surface area contributed by atoms with Gasteiger partial charge in [-0.1, -0.05) is 32.4 Å². The lowest BCUT2D eigenvalue weighted by molar-refractivity contribution is -0.384. The summed E-state index contributed by atoms with van der Waals surface area (Å²) in [6.07, 6.45) is 0. The van der Waals surface area contributed by atoms with E-state index in [1.807, 2.05) is 36.6 Å². The van der Waals surface area contributed by atoms with Crippen molar-refractivity contribution in [3.8, 4) is 0 Å². The van der Waals surface area contributed by atoms with Crippen LogP contribution in [-0.2, 0) is 9.53 Å². The minimum absolute atomic E-state index is 0.119. The number of nitro groups is 1. The van der Waals surface area contributed by atoms with Crippen LogP contribution in [0.25, 0.3) is 0 Å². The molecule has 0 unspecified atom stereocenters. The van der Waals surface area contributed by atoms with Gasteiger partial charge in [-0.3, -0.25) is 19.7 Å². The molecule has 0 radical (unpaired) electrons. The van der Waals surface area contributed by atoms with Gasteiger partial charge in [0, 0.05) is 62.0 Å². The number of amides is 2. The quantitative estimate of drug-likeness (QED) is 0.460. The van der Waals surface area contributed by atoms with Crippen LogP contribution in [0.15, 0.2) is 36.4 Å². The Balaban J connectivity index is 1.43. The van der Waals surface area contributed by atoms with E-state index in [1.165, 1.54) is 6.07 Å². The number of nitrogens with one attached hydrogen (secondary N) is 1. The zero-order valence-electron chi connectivity index (χ0n) is 21.3. The third kappa shape index (κ3) is 6.14. The maximum absolute atomic E-state index is 12.9. The molecule has 2 aromatic carbocycles. The zero-order valence-corrected chi connectivity index (χ0v) is 22.1. The van der Waals surface area contributed by atoms with Crippen LogP contribution in [0.1, 0.15) is 31.1 Å². The lowest BCUT2D eigenvalue weighted by Gasteiger charge is -2.39. The van der Waals surface area contributed by atoms with Crippen molar-refractivity contribution in [2.75, 3.05) is 67.6 Å². The van der Waals surface area contributed by atoms with E-state index < -0.39 is 16.2 Å². The van der Waals surface area contributed by atoms with Gasteiger partial charge in [0.15, 0.2) is 0 Å². The Morgan fingerprint density at radius 2 is 1.57 bits per heavy atom. The van der Waals surface area contributed by atoms with Crippen LogP contribution in [0, 0.1) is 15.5 Å². The molecule has 4 rings (SSSR count). The normalized spacial score (nSPS) is 16.5. The fourth-order valence-corrected chi connectivity index (χ4v) is 4.85. The van der Waals surface area contributed by atoms with Crippen LogP contribution < -0.4 is 15.1 Å². The van der Waals surface area contributed by atoms with Gasteiger partial charge >= 0.3 is 0 Å². The predicted molar refractivity (Wildman–Crippen MR) is 144 cm³/mol. The van der Waals surface area contributed by atoms with Crippen molar-refractivity contribution in [1.82, 2.24) is 4.90 Å². The summed E-state index contributed by atoms with van der Waals surface area (Å²) >= 11 is 6.56. The molecule has 0 saturated carbocycles. The van der Waals surface area contributed by atoms with E-state index in [-0.39, 0.29) is 17.2 Å². The number of hydrogen-bond acceptors (Lipinski definition) is 7. The second-order valence-corrected chi connectivity index (χ2v) is 10.6. The second-order valence-electron chi connectivity index (χ2n) is 10.2. The third-order valence-corrected chi connectivity index (χ3v) is 6.84. The Morgan fingerprint density at radius 3 is 2.16 bits per heavy atom. The number of ether oxygens (including phenoxy) is 1. The van der Waals surface area contributed by atoms with E-state index in [2.05, 4.69) is 10.2 Å².